The fourth-order valence-corrected chi connectivity index (χ4v) is 5.45. The standard InChI is InChI=1S/C29H20BrN5O3/c1-34(2)17-13-11-16(12-14-17)22-23-25(19-8-4-6-10-21(19)37-29(23)36)38-28-24(22)27-32-26(33-35(27)15-31-28)18-7-3-5-9-20(18)30/h3-15,22H,1-2H3. The van der Waals surface area contributed by atoms with Crippen molar-refractivity contribution in [3.63, 3.8) is 0 Å². The Kier molecular flexibility index (Phi) is 5.09. The van der Waals surface area contributed by atoms with E-state index >= 15 is 0 Å². The van der Waals surface area contributed by atoms with Gasteiger partial charge in [0.15, 0.2) is 17.2 Å². The van der Waals surface area contributed by atoms with Crippen LogP contribution in [0.25, 0.3) is 28.0 Å². The normalized spacial score (nSPS) is 14.2. The summed E-state index contributed by atoms with van der Waals surface area (Å²) in [4.78, 5) is 25.1. The minimum Gasteiger partial charge on any atom is -0.437 e. The second-order valence-corrected chi connectivity index (χ2v) is 10.2. The van der Waals surface area contributed by atoms with Gasteiger partial charge in [-0.15, -0.1) is 5.10 Å². The second-order valence-electron chi connectivity index (χ2n) is 9.30. The highest BCUT2D eigenvalue weighted by Gasteiger charge is 2.37. The molecule has 6 aromatic rings. The Bertz CT molecular complexity index is 1930. The lowest BCUT2D eigenvalue weighted by molar-refractivity contribution is 0.422. The van der Waals surface area contributed by atoms with Crippen molar-refractivity contribution >= 4 is 38.2 Å². The van der Waals surface area contributed by atoms with Crippen LogP contribution in [-0.4, -0.2) is 33.7 Å². The highest BCUT2D eigenvalue weighted by atomic mass is 79.9. The molecule has 186 valence electrons. The molecule has 0 fully saturated rings. The quantitative estimate of drug-likeness (QED) is 0.242. The molecule has 3 aromatic carbocycles. The van der Waals surface area contributed by atoms with Crippen molar-refractivity contribution < 1.29 is 9.15 Å². The van der Waals surface area contributed by atoms with Gasteiger partial charge in [-0.1, -0.05) is 52.3 Å². The summed E-state index contributed by atoms with van der Waals surface area (Å²) < 4.78 is 14.6. The van der Waals surface area contributed by atoms with Crippen LogP contribution in [0, 0.1) is 0 Å². The van der Waals surface area contributed by atoms with E-state index in [0.29, 0.717) is 45.2 Å². The van der Waals surface area contributed by atoms with E-state index in [1.165, 1.54) is 0 Å². The molecular formula is C29H20BrN5O3. The van der Waals surface area contributed by atoms with Gasteiger partial charge in [0.2, 0.25) is 5.88 Å². The third-order valence-electron chi connectivity index (χ3n) is 6.82. The Morgan fingerprint density at radius 3 is 2.50 bits per heavy atom. The summed E-state index contributed by atoms with van der Waals surface area (Å²) in [7, 11) is 3.98. The number of aromatic nitrogens is 4. The van der Waals surface area contributed by atoms with Crippen LogP contribution in [0.15, 0.2) is 92.8 Å². The van der Waals surface area contributed by atoms with Crippen molar-refractivity contribution in [3.8, 4) is 23.0 Å². The lowest BCUT2D eigenvalue weighted by Gasteiger charge is -2.27. The first-order valence-corrected chi connectivity index (χ1v) is 12.8. The van der Waals surface area contributed by atoms with E-state index < -0.39 is 11.5 Å². The van der Waals surface area contributed by atoms with Gasteiger partial charge in [0.1, 0.15) is 11.9 Å². The Hall–Kier alpha value is -4.50. The molecule has 1 atom stereocenters. The number of benzene rings is 3. The molecule has 1 aliphatic rings. The molecule has 0 bridgehead atoms. The van der Waals surface area contributed by atoms with E-state index in [9.17, 15) is 4.79 Å². The van der Waals surface area contributed by atoms with Crippen LogP contribution < -0.4 is 15.3 Å². The molecule has 7 rings (SSSR count). The van der Waals surface area contributed by atoms with Gasteiger partial charge >= 0.3 is 5.63 Å². The number of nitrogens with zero attached hydrogens (tertiary/aromatic N) is 5. The van der Waals surface area contributed by atoms with Crippen molar-refractivity contribution in [1.29, 1.82) is 0 Å². The maximum Gasteiger partial charge on any atom is 0.344 e. The molecule has 38 heavy (non-hydrogen) atoms. The number of fused-ring (bicyclic) bond motifs is 6. The first-order valence-electron chi connectivity index (χ1n) is 12.0. The molecule has 1 aliphatic heterocycles. The zero-order chi connectivity index (χ0) is 26.0. The molecule has 0 saturated carbocycles. The third-order valence-corrected chi connectivity index (χ3v) is 7.51. The number of para-hydroxylation sites is 1. The highest BCUT2D eigenvalue weighted by molar-refractivity contribution is 9.10. The Morgan fingerprint density at radius 1 is 0.947 bits per heavy atom. The molecule has 0 amide bonds. The summed E-state index contributed by atoms with van der Waals surface area (Å²) in [6.07, 6.45) is 1.59. The molecule has 0 aliphatic carbocycles. The van der Waals surface area contributed by atoms with Crippen LogP contribution in [0.5, 0.6) is 11.6 Å². The van der Waals surface area contributed by atoms with Crippen molar-refractivity contribution in [2.24, 2.45) is 0 Å². The van der Waals surface area contributed by atoms with Gasteiger partial charge in [-0.05, 0) is 42.0 Å². The number of anilines is 1. The molecule has 0 N–H and O–H groups in total. The van der Waals surface area contributed by atoms with Crippen LogP contribution in [0.3, 0.4) is 0 Å². The molecule has 1 unspecified atom stereocenters. The predicted molar refractivity (Wildman–Crippen MR) is 148 cm³/mol. The first kappa shape index (κ1) is 22.7. The SMILES string of the molecule is CN(C)c1ccc(C2c3c(c4ccccc4oc3=O)Oc3ncn4nc(-c5ccccc5Br)nc4c32)cc1. The Balaban J connectivity index is 1.53. The Labute approximate surface area is 225 Å². The third kappa shape index (κ3) is 3.42. The highest BCUT2D eigenvalue weighted by Crippen LogP contribution is 2.49. The summed E-state index contributed by atoms with van der Waals surface area (Å²) in [5, 5.41) is 5.40. The van der Waals surface area contributed by atoms with Gasteiger partial charge in [-0.25, -0.2) is 19.3 Å². The molecule has 0 saturated heterocycles. The van der Waals surface area contributed by atoms with E-state index in [2.05, 4.69) is 20.9 Å². The van der Waals surface area contributed by atoms with Gasteiger partial charge in [-0.2, -0.15) is 0 Å². The average molecular weight is 566 g/mol. The topological polar surface area (TPSA) is 85.8 Å². The number of rotatable bonds is 3. The van der Waals surface area contributed by atoms with Crippen molar-refractivity contribution in [1.82, 2.24) is 19.6 Å². The van der Waals surface area contributed by atoms with Crippen LogP contribution in [-0.2, 0) is 0 Å². The summed E-state index contributed by atoms with van der Waals surface area (Å²) in [6.45, 7) is 0. The first-order chi connectivity index (χ1) is 18.5. The molecule has 3 aromatic heterocycles. The predicted octanol–water partition coefficient (Wildman–Crippen LogP) is 6.01. The van der Waals surface area contributed by atoms with Crippen molar-refractivity contribution in [2.75, 3.05) is 19.0 Å². The van der Waals surface area contributed by atoms with E-state index in [-0.39, 0.29) is 0 Å². The average Bonchev–Trinajstić information content (AvgIpc) is 3.37. The van der Waals surface area contributed by atoms with E-state index in [4.69, 9.17) is 19.2 Å². The summed E-state index contributed by atoms with van der Waals surface area (Å²) >= 11 is 3.60. The monoisotopic (exact) mass is 565 g/mol. The van der Waals surface area contributed by atoms with Gasteiger partial charge < -0.3 is 14.1 Å². The van der Waals surface area contributed by atoms with Crippen LogP contribution in [0.2, 0.25) is 0 Å². The fraction of sp³-hybridized carbons (Fsp3) is 0.103. The molecular weight excluding hydrogens is 546 g/mol. The number of ether oxygens (including phenoxy) is 1. The molecule has 4 heterocycles. The van der Waals surface area contributed by atoms with Crippen molar-refractivity contribution in [2.45, 2.75) is 5.92 Å². The maximum absolute atomic E-state index is 13.5. The van der Waals surface area contributed by atoms with Gasteiger partial charge in [-0.3, -0.25) is 0 Å². The zero-order valence-corrected chi connectivity index (χ0v) is 22.0. The lowest BCUT2D eigenvalue weighted by Crippen LogP contribution is -2.22. The zero-order valence-electron chi connectivity index (χ0n) is 20.4. The minimum atomic E-state index is -0.529. The minimum absolute atomic E-state index is 0.383. The van der Waals surface area contributed by atoms with Crippen LogP contribution in [0.4, 0.5) is 5.69 Å². The summed E-state index contributed by atoms with van der Waals surface area (Å²) in [6, 6.07) is 23.2. The summed E-state index contributed by atoms with van der Waals surface area (Å²) in [5.74, 6) is 0.839. The number of halogens is 1. The van der Waals surface area contributed by atoms with E-state index in [0.717, 1.165) is 21.3 Å². The van der Waals surface area contributed by atoms with Gasteiger partial charge in [0, 0.05) is 29.8 Å². The molecule has 0 radical (unpaired) electrons. The smallest absolute Gasteiger partial charge is 0.344 e. The number of hydrogen-bond donors (Lipinski definition) is 0. The molecule has 9 heteroatoms. The molecule has 8 nitrogen and oxygen atoms in total. The second kappa shape index (κ2) is 8.53. The fourth-order valence-electron chi connectivity index (χ4n) is 4.98. The van der Waals surface area contributed by atoms with E-state index in [1.54, 1.807) is 16.9 Å². The lowest BCUT2D eigenvalue weighted by atomic mass is 9.84. The van der Waals surface area contributed by atoms with Crippen LogP contribution in [0.1, 0.15) is 22.6 Å². The van der Waals surface area contributed by atoms with Gasteiger partial charge in [0.05, 0.1) is 22.4 Å². The van der Waals surface area contributed by atoms with Crippen LogP contribution >= 0.6 is 15.9 Å². The maximum atomic E-state index is 13.5. The summed E-state index contributed by atoms with van der Waals surface area (Å²) in [5.41, 5.74) is 4.41. The number of hydrogen-bond acceptors (Lipinski definition) is 7. The van der Waals surface area contributed by atoms with Gasteiger partial charge in [0.25, 0.3) is 0 Å². The van der Waals surface area contributed by atoms with Crippen molar-refractivity contribution in [3.05, 3.63) is 111 Å². The molecule has 0 spiro atoms. The van der Waals surface area contributed by atoms with E-state index in [1.807, 2.05) is 85.7 Å². The largest absolute Gasteiger partial charge is 0.437 e. The Morgan fingerprint density at radius 2 is 1.71 bits per heavy atom.